The predicted octanol–water partition coefficient (Wildman–Crippen LogP) is 4.87. The fourth-order valence-electron chi connectivity index (χ4n) is 3.77. The van der Waals surface area contributed by atoms with Crippen molar-refractivity contribution < 1.29 is 5.11 Å². The molecule has 3 heteroatoms. The second kappa shape index (κ2) is 4.81. The number of rotatable bonds is 1. The van der Waals surface area contributed by atoms with Crippen molar-refractivity contribution in [3.63, 3.8) is 0 Å². The van der Waals surface area contributed by atoms with Gasteiger partial charge in [-0.1, -0.05) is 24.3 Å². The summed E-state index contributed by atoms with van der Waals surface area (Å²) in [5, 5.41) is 12.4. The zero-order valence-electron chi connectivity index (χ0n) is 13.0. The minimum absolute atomic E-state index is 0.0100. The summed E-state index contributed by atoms with van der Waals surface area (Å²) in [4.78, 5) is 2.39. The van der Waals surface area contributed by atoms with Crippen LogP contribution in [0.4, 0.5) is 5.69 Å². The molecule has 0 saturated carbocycles. The molecule has 2 aromatic carbocycles. The fraction of sp³-hybridized carbons (Fsp3) is 0.444. The number of aromatic hydroxyl groups is 1. The SMILES string of the molecule is C[C@@H]1C(CCl)c2c(cc(O)c3ccccc23)N1C(C)(C)C. The first kappa shape index (κ1) is 14.5. The monoisotopic (exact) mass is 303 g/mol. The van der Waals surface area contributed by atoms with Gasteiger partial charge in [0.15, 0.2) is 0 Å². The molecule has 1 heterocycles. The minimum Gasteiger partial charge on any atom is -0.507 e. The molecule has 0 bridgehead atoms. The minimum atomic E-state index is -0.0100. The molecule has 21 heavy (non-hydrogen) atoms. The quantitative estimate of drug-likeness (QED) is 0.759. The Balaban J connectivity index is 2.36. The first-order valence-electron chi connectivity index (χ1n) is 7.46. The molecule has 1 aliphatic heterocycles. The van der Waals surface area contributed by atoms with E-state index < -0.39 is 0 Å². The number of fused-ring (bicyclic) bond motifs is 3. The lowest BCUT2D eigenvalue weighted by atomic mass is 9.92. The van der Waals surface area contributed by atoms with Gasteiger partial charge in [-0.3, -0.25) is 0 Å². The van der Waals surface area contributed by atoms with E-state index in [-0.39, 0.29) is 11.5 Å². The van der Waals surface area contributed by atoms with Crippen LogP contribution in [0.1, 0.15) is 39.2 Å². The number of alkyl halides is 1. The highest BCUT2D eigenvalue weighted by Crippen LogP contribution is 2.50. The van der Waals surface area contributed by atoms with Gasteiger partial charge in [0.25, 0.3) is 0 Å². The van der Waals surface area contributed by atoms with Crippen LogP contribution in [0.15, 0.2) is 30.3 Å². The van der Waals surface area contributed by atoms with Crippen LogP contribution in [0.2, 0.25) is 0 Å². The third-order valence-corrected chi connectivity index (χ3v) is 4.88. The Morgan fingerprint density at radius 1 is 1.19 bits per heavy atom. The van der Waals surface area contributed by atoms with E-state index >= 15 is 0 Å². The van der Waals surface area contributed by atoms with E-state index in [9.17, 15) is 5.11 Å². The number of hydrogen-bond donors (Lipinski definition) is 1. The highest BCUT2D eigenvalue weighted by molar-refractivity contribution is 6.19. The Bertz CT molecular complexity index is 689. The van der Waals surface area contributed by atoms with Gasteiger partial charge in [0.1, 0.15) is 5.75 Å². The number of phenolic OH excluding ortho intramolecular Hbond substituents is 1. The summed E-state index contributed by atoms with van der Waals surface area (Å²) in [6.07, 6.45) is 0. The average molecular weight is 304 g/mol. The Labute approximate surface area is 131 Å². The molecule has 2 nitrogen and oxygen atoms in total. The van der Waals surface area contributed by atoms with Gasteiger partial charge in [-0.15, -0.1) is 11.6 Å². The molecule has 0 radical (unpaired) electrons. The first-order valence-corrected chi connectivity index (χ1v) is 7.99. The smallest absolute Gasteiger partial charge is 0.125 e. The van der Waals surface area contributed by atoms with Crippen molar-refractivity contribution in [3.8, 4) is 5.75 Å². The topological polar surface area (TPSA) is 23.5 Å². The first-order chi connectivity index (χ1) is 9.86. The summed E-state index contributed by atoms with van der Waals surface area (Å²) in [6, 6.07) is 10.3. The van der Waals surface area contributed by atoms with Gasteiger partial charge in [-0.2, -0.15) is 0 Å². The van der Waals surface area contributed by atoms with E-state index in [1.807, 2.05) is 24.3 Å². The van der Waals surface area contributed by atoms with Gasteiger partial charge in [0, 0.05) is 40.5 Å². The molecule has 0 aliphatic carbocycles. The van der Waals surface area contributed by atoms with Crippen molar-refractivity contribution in [2.24, 2.45) is 0 Å². The van der Waals surface area contributed by atoms with E-state index in [1.54, 1.807) is 0 Å². The van der Waals surface area contributed by atoms with Crippen LogP contribution >= 0.6 is 11.6 Å². The molecule has 2 aromatic rings. The lowest BCUT2D eigenvalue weighted by Crippen LogP contribution is -2.46. The van der Waals surface area contributed by atoms with Gasteiger partial charge >= 0.3 is 0 Å². The molecule has 0 fully saturated rings. The second-order valence-corrected chi connectivity index (χ2v) is 7.22. The Morgan fingerprint density at radius 2 is 1.81 bits per heavy atom. The molecule has 0 spiro atoms. The van der Waals surface area contributed by atoms with E-state index in [0.717, 1.165) is 16.5 Å². The number of hydrogen-bond acceptors (Lipinski definition) is 2. The number of nitrogens with zero attached hydrogens (tertiary/aromatic N) is 1. The van der Waals surface area contributed by atoms with Crippen molar-refractivity contribution in [3.05, 3.63) is 35.9 Å². The Morgan fingerprint density at radius 3 is 2.38 bits per heavy atom. The molecule has 2 atom stereocenters. The molecule has 112 valence electrons. The molecular weight excluding hydrogens is 282 g/mol. The standard InChI is InChI=1S/C18H22ClNO/c1-11-14(10-19)17-13-8-6-5-7-12(13)16(21)9-15(17)20(11)18(2,3)4/h5-9,11,14,21H,10H2,1-4H3/t11-,14?/m1/s1. The van der Waals surface area contributed by atoms with Gasteiger partial charge < -0.3 is 10.0 Å². The van der Waals surface area contributed by atoms with Gasteiger partial charge in [0.2, 0.25) is 0 Å². The Kier molecular flexibility index (Phi) is 3.32. The average Bonchev–Trinajstić information content (AvgIpc) is 2.70. The molecular formula is C18H22ClNO. The largest absolute Gasteiger partial charge is 0.507 e. The van der Waals surface area contributed by atoms with Gasteiger partial charge in [-0.05, 0) is 38.6 Å². The highest BCUT2D eigenvalue weighted by atomic mass is 35.5. The summed E-state index contributed by atoms with van der Waals surface area (Å²) >= 11 is 6.30. The zero-order valence-corrected chi connectivity index (χ0v) is 13.8. The fourth-order valence-corrected chi connectivity index (χ4v) is 4.18. The van der Waals surface area contributed by atoms with E-state index in [4.69, 9.17) is 11.6 Å². The van der Waals surface area contributed by atoms with Crippen molar-refractivity contribution in [2.75, 3.05) is 10.8 Å². The number of benzene rings is 2. The summed E-state index contributed by atoms with van der Waals surface area (Å²) < 4.78 is 0. The molecule has 0 saturated heterocycles. The van der Waals surface area contributed by atoms with Crippen LogP contribution in [0.5, 0.6) is 5.75 Å². The van der Waals surface area contributed by atoms with Crippen molar-refractivity contribution in [1.82, 2.24) is 0 Å². The second-order valence-electron chi connectivity index (χ2n) is 6.92. The van der Waals surface area contributed by atoms with Crippen molar-refractivity contribution in [2.45, 2.75) is 45.2 Å². The lowest BCUT2D eigenvalue weighted by molar-refractivity contribution is 0.445. The van der Waals surface area contributed by atoms with Crippen molar-refractivity contribution >= 4 is 28.1 Å². The number of halogens is 1. The molecule has 1 N–H and O–H groups in total. The van der Waals surface area contributed by atoms with Gasteiger partial charge in [-0.25, -0.2) is 0 Å². The zero-order chi connectivity index (χ0) is 15.4. The number of phenols is 1. The van der Waals surface area contributed by atoms with Crippen LogP contribution in [0.25, 0.3) is 10.8 Å². The maximum atomic E-state index is 10.4. The van der Waals surface area contributed by atoms with Crippen LogP contribution in [-0.4, -0.2) is 22.6 Å². The van der Waals surface area contributed by atoms with Crippen molar-refractivity contribution in [1.29, 1.82) is 0 Å². The van der Waals surface area contributed by atoms with E-state index in [1.165, 1.54) is 5.56 Å². The van der Waals surface area contributed by atoms with E-state index in [2.05, 4.69) is 38.7 Å². The normalized spacial score (nSPS) is 21.9. The van der Waals surface area contributed by atoms with Gasteiger partial charge in [0.05, 0.1) is 0 Å². The van der Waals surface area contributed by atoms with Crippen LogP contribution in [0.3, 0.4) is 0 Å². The molecule has 1 aliphatic rings. The third-order valence-electron chi connectivity index (χ3n) is 4.55. The maximum absolute atomic E-state index is 10.4. The van der Waals surface area contributed by atoms with Crippen LogP contribution in [0, 0.1) is 0 Å². The lowest BCUT2D eigenvalue weighted by Gasteiger charge is -2.39. The predicted molar refractivity (Wildman–Crippen MR) is 90.8 cm³/mol. The Hall–Kier alpha value is -1.41. The highest BCUT2D eigenvalue weighted by Gasteiger charge is 2.41. The van der Waals surface area contributed by atoms with Crippen LogP contribution < -0.4 is 4.90 Å². The van der Waals surface area contributed by atoms with Crippen LogP contribution in [-0.2, 0) is 0 Å². The third kappa shape index (κ3) is 2.08. The number of anilines is 1. The summed E-state index contributed by atoms with van der Waals surface area (Å²) in [6.45, 7) is 8.84. The van der Waals surface area contributed by atoms with E-state index in [0.29, 0.717) is 17.7 Å². The summed E-state index contributed by atoms with van der Waals surface area (Å²) in [7, 11) is 0. The molecule has 0 aromatic heterocycles. The summed E-state index contributed by atoms with van der Waals surface area (Å²) in [5.41, 5.74) is 2.39. The summed E-state index contributed by atoms with van der Waals surface area (Å²) in [5.74, 6) is 1.22. The molecule has 3 rings (SSSR count). The maximum Gasteiger partial charge on any atom is 0.125 e. The molecule has 0 amide bonds. The molecule has 1 unspecified atom stereocenters.